The van der Waals surface area contributed by atoms with Crippen LogP contribution in [0.25, 0.3) is 0 Å². The zero-order valence-electron chi connectivity index (χ0n) is 12.1. The average Bonchev–Trinajstić information content (AvgIpc) is 2.42. The maximum atomic E-state index is 12.2. The van der Waals surface area contributed by atoms with Gasteiger partial charge in [-0.15, -0.1) is 0 Å². The minimum atomic E-state index is -1.00. The van der Waals surface area contributed by atoms with E-state index in [1.165, 1.54) is 12.1 Å². The van der Waals surface area contributed by atoms with E-state index in [0.717, 1.165) is 5.56 Å². The highest BCUT2D eigenvalue weighted by molar-refractivity contribution is 5.93. The van der Waals surface area contributed by atoms with Crippen molar-refractivity contribution >= 4 is 11.9 Å². The van der Waals surface area contributed by atoms with E-state index in [-0.39, 0.29) is 5.56 Å². The molecule has 4 nitrogen and oxygen atoms in total. The number of carboxylic acids is 1. The van der Waals surface area contributed by atoms with E-state index in [2.05, 4.69) is 0 Å². The van der Waals surface area contributed by atoms with Crippen LogP contribution in [0.2, 0.25) is 0 Å². The summed E-state index contributed by atoms with van der Waals surface area (Å²) in [4.78, 5) is 23.2. The van der Waals surface area contributed by atoms with E-state index in [1.807, 2.05) is 19.1 Å². The molecule has 0 aliphatic rings. The average molecular weight is 284 g/mol. The van der Waals surface area contributed by atoms with E-state index in [4.69, 9.17) is 9.84 Å². The van der Waals surface area contributed by atoms with Gasteiger partial charge < -0.3 is 9.84 Å². The summed E-state index contributed by atoms with van der Waals surface area (Å²) in [6.45, 7) is 5.28. The largest absolute Gasteiger partial charge is 0.478 e. The van der Waals surface area contributed by atoms with Crippen LogP contribution >= 0.6 is 0 Å². The van der Waals surface area contributed by atoms with Crippen LogP contribution in [0.15, 0.2) is 36.4 Å². The molecule has 0 aromatic heterocycles. The Morgan fingerprint density at radius 2 is 1.52 bits per heavy atom. The molecule has 0 aliphatic heterocycles. The van der Waals surface area contributed by atoms with Crippen LogP contribution in [0.1, 0.15) is 37.4 Å². The molecule has 2 aromatic rings. The number of aromatic carboxylic acids is 1. The van der Waals surface area contributed by atoms with Gasteiger partial charge in [-0.3, -0.25) is 0 Å². The number of carboxylic acid groups (broad SMARTS) is 1. The highest BCUT2D eigenvalue weighted by Crippen LogP contribution is 2.26. The SMILES string of the molecule is Cc1ccccc1C(=O)Oc1c(C)cc(C(=O)O)cc1C. The lowest BCUT2D eigenvalue weighted by molar-refractivity contribution is 0.0696. The summed E-state index contributed by atoms with van der Waals surface area (Å²) in [5, 5.41) is 9.01. The summed E-state index contributed by atoms with van der Waals surface area (Å²) in [5.41, 5.74) is 2.75. The molecule has 0 fully saturated rings. The van der Waals surface area contributed by atoms with Gasteiger partial charge in [0.1, 0.15) is 5.75 Å². The van der Waals surface area contributed by atoms with Crippen molar-refractivity contribution < 1.29 is 19.4 Å². The first-order chi connectivity index (χ1) is 9.90. The third-order valence-corrected chi connectivity index (χ3v) is 3.27. The first-order valence-electron chi connectivity index (χ1n) is 6.52. The van der Waals surface area contributed by atoms with Gasteiger partial charge in [0.2, 0.25) is 0 Å². The smallest absolute Gasteiger partial charge is 0.343 e. The van der Waals surface area contributed by atoms with Crippen LogP contribution in [-0.4, -0.2) is 17.0 Å². The number of carbonyl (C=O) groups excluding carboxylic acids is 1. The number of carbonyl (C=O) groups is 2. The molecule has 0 radical (unpaired) electrons. The number of ether oxygens (including phenoxy) is 1. The molecule has 108 valence electrons. The van der Waals surface area contributed by atoms with E-state index in [9.17, 15) is 9.59 Å². The molecule has 1 N–H and O–H groups in total. The topological polar surface area (TPSA) is 63.6 Å². The van der Waals surface area contributed by atoms with Crippen LogP contribution in [0.5, 0.6) is 5.75 Å². The summed E-state index contributed by atoms with van der Waals surface area (Å²) < 4.78 is 5.45. The molecular weight excluding hydrogens is 268 g/mol. The van der Waals surface area contributed by atoms with Crippen molar-refractivity contribution in [3.8, 4) is 5.75 Å². The van der Waals surface area contributed by atoms with Gasteiger partial charge in [-0.2, -0.15) is 0 Å². The summed E-state index contributed by atoms with van der Waals surface area (Å²) in [7, 11) is 0. The zero-order valence-corrected chi connectivity index (χ0v) is 12.1. The predicted molar refractivity (Wildman–Crippen MR) is 79.0 cm³/mol. The van der Waals surface area contributed by atoms with Crippen molar-refractivity contribution in [3.63, 3.8) is 0 Å². The number of hydrogen-bond acceptors (Lipinski definition) is 3. The van der Waals surface area contributed by atoms with Crippen molar-refractivity contribution in [1.29, 1.82) is 0 Å². The van der Waals surface area contributed by atoms with Gasteiger partial charge in [0.05, 0.1) is 11.1 Å². The van der Waals surface area contributed by atoms with E-state index >= 15 is 0 Å². The normalized spacial score (nSPS) is 10.2. The molecule has 2 rings (SSSR count). The first-order valence-corrected chi connectivity index (χ1v) is 6.52. The summed E-state index contributed by atoms with van der Waals surface area (Å²) >= 11 is 0. The van der Waals surface area contributed by atoms with Crippen LogP contribution in [-0.2, 0) is 0 Å². The zero-order chi connectivity index (χ0) is 15.6. The molecule has 0 atom stereocenters. The second-order valence-corrected chi connectivity index (χ2v) is 4.95. The maximum absolute atomic E-state index is 12.2. The van der Waals surface area contributed by atoms with Gasteiger partial charge in [0.15, 0.2) is 0 Å². The molecule has 0 heterocycles. The predicted octanol–water partition coefficient (Wildman–Crippen LogP) is 3.53. The van der Waals surface area contributed by atoms with Crippen LogP contribution in [0.4, 0.5) is 0 Å². The third-order valence-electron chi connectivity index (χ3n) is 3.27. The number of hydrogen-bond donors (Lipinski definition) is 1. The van der Waals surface area contributed by atoms with E-state index < -0.39 is 11.9 Å². The molecule has 0 saturated carbocycles. The van der Waals surface area contributed by atoms with E-state index in [0.29, 0.717) is 22.4 Å². The van der Waals surface area contributed by atoms with Crippen LogP contribution < -0.4 is 4.74 Å². The maximum Gasteiger partial charge on any atom is 0.343 e. The molecule has 4 heteroatoms. The summed E-state index contributed by atoms with van der Waals surface area (Å²) in [6.07, 6.45) is 0. The number of benzene rings is 2. The summed E-state index contributed by atoms with van der Waals surface area (Å²) in [6, 6.07) is 10.2. The molecule has 2 aromatic carbocycles. The van der Waals surface area contributed by atoms with Crippen LogP contribution in [0, 0.1) is 20.8 Å². The molecule has 0 spiro atoms. The minimum absolute atomic E-state index is 0.181. The standard InChI is InChI=1S/C17H16O4/c1-10-6-4-5-7-14(10)17(20)21-15-11(2)8-13(16(18)19)9-12(15)3/h4-9H,1-3H3,(H,18,19). The quantitative estimate of drug-likeness (QED) is 0.691. The van der Waals surface area contributed by atoms with Gasteiger partial charge in [0, 0.05) is 0 Å². The number of rotatable bonds is 3. The fourth-order valence-electron chi connectivity index (χ4n) is 2.18. The lowest BCUT2D eigenvalue weighted by Crippen LogP contribution is -2.12. The van der Waals surface area contributed by atoms with E-state index in [1.54, 1.807) is 26.0 Å². The lowest BCUT2D eigenvalue weighted by Gasteiger charge is -2.12. The second kappa shape index (κ2) is 5.79. The van der Waals surface area contributed by atoms with Gasteiger partial charge in [-0.25, -0.2) is 9.59 Å². The van der Waals surface area contributed by atoms with Crippen molar-refractivity contribution in [2.24, 2.45) is 0 Å². The Kier molecular flexibility index (Phi) is 4.08. The first kappa shape index (κ1) is 14.8. The third kappa shape index (κ3) is 3.11. The Labute approximate surface area is 123 Å². The second-order valence-electron chi connectivity index (χ2n) is 4.95. The van der Waals surface area contributed by atoms with Gasteiger partial charge in [-0.1, -0.05) is 18.2 Å². The molecule has 0 bridgehead atoms. The Morgan fingerprint density at radius 3 is 2.05 bits per heavy atom. The molecule has 21 heavy (non-hydrogen) atoms. The Hall–Kier alpha value is -2.62. The highest BCUT2D eigenvalue weighted by atomic mass is 16.5. The van der Waals surface area contributed by atoms with Crippen LogP contribution in [0.3, 0.4) is 0 Å². The molecule has 0 amide bonds. The van der Waals surface area contributed by atoms with Gasteiger partial charge >= 0.3 is 11.9 Å². The highest BCUT2D eigenvalue weighted by Gasteiger charge is 2.16. The Bertz CT molecular complexity index is 693. The summed E-state index contributed by atoms with van der Waals surface area (Å²) in [5.74, 6) is -1.03. The fourth-order valence-corrected chi connectivity index (χ4v) is 2.18. The van der Waals surface area contributed by atoms with Crippen molar-refractivity contribution in [2.45, 2.75) is 20.8 Å². The van der Waals surface area contributed by atoms with Crippen molar-refractivity contribution in [3.05, 3.63) is 64.2 Å². The number of aryl methyl sites for hydroxylation is 3. The molecular formula is C17H16O4. The van der Waals surface area contributed by atoms with Gasteiger partial charge in [0.25, 0.3) is 0 Å². The lowest BCUT2D eigenvalue weighted by atomic mass is 10.1. The molecule has 0 unspecified atom stereocenters. The molecule has 0 saturated heterocycles. The fraction of sp³-hybridized carbons (Fsp3) is 0.176. The number of esters is 1. The molecule has 0 aliphatic carbocycles. The van der Waals surface area contributed by atoms with Crippen molar-refractivity contribution in [1.82, 2.24) is 0 Å². The monoisotopic (exact) mass is 284 g/mol. The Balaban J connectivity index is 2.34. The van der Waals surface area contributed by atoms with Gasteiger partial charge in [-0.05, 0) is 55.7 Å². The Morgan fingerprint density at radius 1 is 0.952 bits per heavy atom. The minimum Gasteiger partial charge on any atom is -0.478 e. The van der Waals surface area contributed by atoms with Crippen molar-refractivity contribution in [2.75, 3.05) is 0 Å².